The fourth-order valence-electron chi connectivity index (χ4n) is 4.55. The molecule has 29 heavy (non-hydrogen) atoms. The molecule has 1 aliphatic carbocycles. The molecule has 0 atom stereocenters. The van der Waals surface area contributed by atoms with Crippen LogP contribution < -0.4 is 0 Å². The maximum atomic E-state index is 13.7. The van der Waals surface area contributed by atoms with Crippen molar-refractivity contribution < 1.29 is 8.78 Å². The van der Waals surface area contributed by atoms with Crippen LogP contribution >= 0.6 is 0 Å². The Hall–Kier alpha value is -2.66. The number of benzene rings is 3. The summed E-state index contributed by atoms with van der Waals surface area (Å²) in [4.78, 5) is 0. The van der Waals surface area contributed by atoms with Crippen LogP contribution in [0, 0.1) is 29.4 Å². The van der Waals surface area contributed by atoms with E-state index in [1.807, 2.05) is 12.1 Å². The Morgan fingerprint density at radius 3 is 2.31 bits per heavy atom. The van der Waals surface area contributed by atoms with E-state index in [0.29, 0.717) is 22.3 Å². The van der Waals surface area contributed by atoms with Crippen molar-refractivity contribution in [3.05, 3.63) is 82.9 Å². The zero-order valence-corrected chi connectivity index (χ0v) is 16.8. The normalized spacial score (nSPS) is 19.0. The standard InChI is InChI=1S/C27H26F2/c1-2-4-19-7-12-21(13-8-19)22-14-9-20(10-15-22)11-16-23-5-3-6-24-17-26(28)27(29)18-25(23)24/h3,5-6,9-10,14-15,17-19,21H,2,4,7-8,12-13H2,1H3. The predicted molar refractivity (Wildman–Crippen MR) is 116 cm³/mol. The molecule has 0 spiro atoms. The van der Waals surface area contributed by atoms with Gasteiger partial charge in [-0.25, -0.2) is 8.78 Å². The predicted octanol–water partition coefficient (Wildman–Crippen LogP) is 7.59. The Morgan fingerprint density at radius 2 is 1.59 bits per heavy atom. The van der Waals surface area contributed by atoms with E-state index in [1.54, 1.807) is 6.07 Å². The third-order valence-electron chi connectivity index (χ3n) is 6.19. The fourth-order valence-corrected chi connectivity index (χ4v) is 4.55. The summed E-state index contributed by atoms with van der Waals surface area (Å²) < 4.78 is 27.1. The van der Waals surface area contributed by atoms with Gasteiger partial charge in [0, 0.05) is 16.5 Å². The summed E-state index contributed by atoms with van der Waals surface area (Å²) in [5.41, 5.74) is 3.06. The van der Waals surface area contributed by atoms with E-state index >= 15 is 0 Å². The second kappa shape index (κ2) is 8.78. The maximum Gasteiger partial charge on any atom is 0.159 e. The first kappa shape index (κ1) is 19.6. The van der Waals surface area contributed by atoms with Gasteiger partial charge in [0.2, 0.25) is 0 Å². The van der Waals surface area contributed by atoms with Gasteiger partial charge in [0.15, 0.2) is 11.6 Å². The highest BCUT2D eigenvalue weighted by Gasteiger charge is 2.21. The molecule has 148 valence electrons. The van der Waals surface area contributed by atoms with E-state index in [4.69, 9.17) is 0 Å². The molecular formula is C27H26F2. The second-order valence-corrected chi connectivity index (χ2v) is 8.17. The van der Waals surface area contributed by atoms with Crippen LogP contribution in [-0.4, -0.2) is 0 Å². The SMILES string of the molecule is CCCC1CCC(c2ccc(C#Cc3cccc4cc(F)c(F)cc34)cc2)CC1. The van der Waals surface area contributed by atoms with Crippen molar-refractivity contribution in [2.75, 3.05) is 0 Å². The largest absolute Gasteiger partial charge is 0.204 e. The van der Waals surface area contributed by atoms with Gasteiger partial charge in [-0.1, -0.05) is 55.9 Å². The quantitative estimate of drug-likeness (QED) is 0.405. The Bertz CT molecular complexity index is 1050. The fraction of sp³-hybridized carbons (Fsp3) is 0.333. The summed E-state index contributed by atoms with van der Waals surface area (Å²) >= 11 is 0. The van der Waals surface area contributed by atoms with Crippen LogP contribution in [0.15, 0.2) is 54.6 Å². The molecule has 2 heteroatoms. The van der Waals surface area contributed by atoms with E-state index in [-0.39, 0.29) is 0 Å². The van der Waals surface area contributed by atoms with Crippen LogP contribution in [0.1, 0.15) is 68.1 Å². The van der Waals surface area contributed by atoms with Crippen molar-refractivity contribution in [2.45, 2.75) is 51.4 Å². The molecule has 0 N–H and O–H groups in total. The van der Waals surface area contributed by atoms with Gasteiger partial charge in [-0.2, -0.15) is 0 Å². The lowest BCUT2D eigenvalue weighted by atomic mass is 9.77. The van der Waals surface area contributed by atoms with E-state index in [1.165, 1.54) is 56.2 Å². The number of rotatable bonds is 3. The lowest BCUT2D eigenvalue weighted by molar-refractivity contribution is 0.308. The molecule has 0 unspecified atom stereocenters. The van der Waals surface area contributed by atoms with Crippen molar-refractivity contribution >= 4 is 10.8 Å². The van der Waals surface area contributed by atoms with E-state index < -0.39 is 11.6 Å². The van der Waals surface area contributed by atoms with Gasteiger partial charge in [-0.05, 0) is 78.8 Å². The first-order valence-electron chi connectivity index (χ1n) is 10.6. The molecule has 4 rings (SSSR count). The Labute approximate surface area is 172 Å². The van der Waals surface area contributed by atoms with Crippen LogP contribution in [0.2, 0.25) is 0 Å². The summed E-state index contributed by atoms with van der Waals surface area (Å²) in [7, 11) is 0. The third kappa shape index (κ3) is 4.51. The van der Waals surface area contributed by atoms with Gasteiger partial charge in [0.05, 0.1) is 0 Å². The molecule has 0 aromatic heterocycles. The molecular weight excluding hydrogens is 362 g/mol. The van der Waals surface area contributed by atoms with Gasteiger partial charge in [0.1, 0.15) is 0 Å². The van der Waals surface area contributed by atoms with Crippen LogP contribution in [0.5, 0.6) is 0 Å². The molecule has 0 radical (unpaired) electrons. The highest BCUT2D eigenvalue weighted by Crippen LogP contribution is 2.37. The van der Waals surface area contributed by atoms with Gasteiger partial charge < -0.3 is 0 Å². The Morgan fingerprint density at radius 1 is 0.862 bits per heavy atom. The Balaban J connectivity index is 1.50. The molecule has 1 aliphatic rings. The number of hydrogen-bond donors (Lipinski definition) is 0. The molecule has 0 bridgehead atoms. The van der Waals surface area contributed by atoms with Gasteiger partial charge in [-0.15, -0.1) is 0 Å². The third-order valence-corrected chi connectivity index (χ3v) is 6.19. The molecule has 0 saturated heterocycles. The van der Waals surface area contributed by atoms with Crippen LogP contribution in [0.25, 0.3) is 10.8 Å². The lowest BCUT2D eigenvalue weighted by Gasteiger charge is -2.28. The molecule has 0 aliphatic heterocycles. The zero-order chi connectivity index (χ0) is 20.2. The van der Waals surface area contributed by atoms with Gasteiger partial charge in [-0.3, -0.25) is 0 Å². The highest BCUT2D eigenvalue weighted by atomic mass is 19.2. The average Bonchev–Trinajstić information content (AvgIpc) is 2.74. The summed E-state index contributed by atoms with van der Waals surface area (Å²) in [6, 6.07) is 16.4. The second-order valence-electron chi connectivity index (χ2n) is 8.17. The average molecular weight is 389 g/mol. The molecule has 3 aromatic rings. The first-order valence-corrected chi connectivity index (χ1v) is 10.6. The summed E-state index contributed by atoms with van der Waals surface area (Å²) in [5, 5.41) is 1.30. The first-order chi connectivity index (χ1) is 14.1. The molecule has 1 saturated carbocycles. The summed E-state index contributed by atoms with van der Waals surface area (Å²) in [5.74, 6) is 6.22. The number of halogens is 2. The van der Waals surface area contributed by atoms with Crippen molar-refractivity contribution in [1.82, 2.24) is 0 Å². The minimum atomic E-state index is -0.843. The maximum absolute atomic E-state index is 13.7. The molecule has 1 fully saturated rings. The van der Waals surface area contributed by atoms with Crippen LogP contribution in [0.3, 0.4) is 0 Å². The molecule has 3 aromatic carbocycles. The molecule has 0 heterocycles. The summed E-state index contributed by atoms with van der Waals surface area (Å²) in [6.07, 6.45) is 7.92. The zero-order valence-electron chi connectivity index (χ0n) is 16.8. The van der Waals surface area contributed by atoms with Gasteiger partial charge in [0.25, 0.3) is 0 Å². The van der Waals surface area contributed by atoms with Crippen molar-refractivity contribution in [3.63, 3.8) is 0 Å². The monoisotopic (exact) mass is 388 g/mol. The minimum absolute atomic E-state index is 0.638. The van der Waals surface area contributed by atoms with Gasteiger partial charge >= 0.3 is 0 Å². The van der Waals surface area contributed by atoms with Crippen molar-refractivity contribution in [2.24, 2.45) is 5.92 Å². The van der Waals surface area contributed by atoms with E-state index in [2.05, 4.69) is 43.0 Å². The van der Waals surface area contributed by atoms with Crippen molar-refractivity contribution in [3.8, 4) is 11.8 Å². The topological polar surface area (TPSA) is 0 Å². The minimum Gasteiger partial charge on any atom is -0.204 e. The molecule has 0 nitrogen and oxygen atoms in total. The lowest BCUT2D eigenvalue weighted by Crippen LogP contribution is -2.13. The van der Waals surface area contributed by atoms with E-state index in [9.17, 15) is 8.78 Å². The van der Waals surface area contributed by atoms with E-state index in [0.717, 1.165) is 11.5 Å². The van der Waals surface area contributed by atoms with Crippen molar-refractivity contribution in [1.29, 1.82) is 0 Å². The smallest absolute Gasteiger partial charge is 0.159 e. The number of fused-ring (bicyclic) bond motifs is 1. The van der Waals surface area contributed by atoms with Crippen LogP contribution in [0.4, 0.5) is 8.78 Å². The highest BCUT2D eigenvalue weighted by molar-refractivity contribution is 5.88. The Kier molecular flexibility index (Phi) is 5.95. The summed E-state index contributed by atoms with van der Waals surface area (Å²) in [6.45, 7) is 2.28. The van der Waals surface area contributed by atoms with Crippen LogP contribution in [-0.2, 0) is 0 Å². The number of hydrogen-bond acceptors (Lipinski definition) is 0. The molecule has 0 amide bonds.